The Balaban J connectivity index is 1.48. The molecule has 0 aliphatic carbocycles. The highest BCUT2D eigenvalue weighted by molar-refractivity contribution is 9.10. The molecule has 0 saturated heterocycles. The molecule has 1 heterocycles. The number of benzene rings is 2. The van der Waals surface area contributed by atoms with Gasteiger partial charge in [-0.3, -0.25) is 4.79 Å². The first-order valence-corrected chi connectivity index (χ1v) is 10.6. The van der Waals surface area contributed by atoms with Gasteiger partial charge in [0.05, 0.1) is 11.8 Å². The smallest absolute Gasteiger partial charge is 0.277 e. The van der Waals surface area contributed by atoms with Crippen LogP contribution in [0.1, 0.15) is 37.4 Å². The number of carbonyl (C=O) groups excluding carboxylic acids is 1. The van der Waals surface area contributed by atoms with Crippen molar-refractivity contribution in [3.05, 3.63) is 70.3 Å². The monoisotopic (exact) mass is 479 g/mol. The molecule has 0 spiro atoms. The van der Waals surface area contributed by atoms with Gasteiger partial charge in [-0.05, 0) is 55.8 Å². The first-order chi connectivity index (χ1) is 13.9. The van der Waals surface area contributed by atoms with Crippen LogP contribution in [0, 0.1) is 5.82 Å². The Labute approximate surface area is 180 Å². The van der Waals surface area contributed by atoms with Crippen molar-refractivity contribution >= 4 is 33.6 Å². The Morgan fingerprint density at radius 3 is 2.55 bits per heavy atom. The maximum atomic E-state index is 13.0. The van der Waals surface area contributed by atoms with Crippen molar-refractivity contribution in [1.82, 2.24) is 15.5 Å². The van der Waals surface area contributed by atoms with Gasteiger partial charge in [-0.15, -0.1) is 10.2 Å². The second-order valence-electron chi connectivity index (χ2n) is 6.25. The highest BCUT2D eigenvalue weighted by atomic mass is 79.9. The lowest BCUT2D eigenvalue weighted by Crippen LogP contribution is -2.28. The van der Waals surface area contributed by atoms with E-state index in [2.05, 4.69) is 31.4 Å². The number of ether oxygens (including phenoxy) is 1. The Hall–Kier alpha value is -2.39. The number of thioether (sulfide) groups is 1. The van der Waals surface area contributed by atoms with E-state index in [0.29, 0.717) is 5.75 Å². The van der Waals surface area contributed by atoms with Crippen LogP contribution in [0.15, 0.2) is 62.6 Å². The summed E-state index contributed by atoms with van der Waals surface area (Å²) in [6.45, 7) is 3.67. The number of hydrogen-bond acceptors (Lipinski definition) is 6. The van der Waals surface area contributed by atoms with Gasteiger partial charge in [0.25, 0.3) is 11.1 Å². The molecule has 152 valence electrons. The van der Waals surface area contributed by atoms with E-state index in [1.54, 1.807) is 6.92 Å². The second kappa shape index (κ2) is 9.89. The van der Waals surface area contributed by atoms with Crippen molar-refractivity contribution in [3.8, 4) is 5.75 Å². The third-order valence-corrected chi connectivity index (χ3v) is 5.32. The molecule has 0 radical (unpaired) electrons. The van der Waals surface area contributed by atoms with Crippen molar-refractivity contribution in [3.63, 3.8) is 0 Å². The molecule has 0 aliphatic heterocycles. The summed E-state index contributed by atoms with van der Waals surface area (Å²) in [4.78, 5) is 12.2. The minimum absolute atomic E-state index is 0.112. The van der Waals surface area contributed by atoms with E-state index in [-0.39, 0.29) is 34.6 Å². The minimum Gasteiger partial charge on any atom is -0.481 e. The fourth-order valence-corrected chi connectivity index (χ4v) is 3.30. The summed E-state index contributed by atoms with van der Waals surface area (Å²) in [5.41, 5.74) is 1.01. The van der Waals surface area contributed by atoms with Gasteiger partial charge in [0.2, 0.25) is 5.91 Å². The third kappa shape index (κ3) is 6.30. The van der Waals surface area contributed by atoms with Gasteiger partial charge in [-0.25, -0.2) is 4.39 Å². The van der Waals surface area contributed by atoms with Gasteiger partial charge in [-0.1, -0.05) is 39.8 Å². The van der Waals surface area contributed by atoms with Crippen LogP contribution in [0.5, 0.6) is 5.75 Å². The van der Waals surface area contributed by atoms with E-state index in [0.717, 1.165) is 21.8 Å². The van der Waals surface area contributed by atoms with E-state index in [1.165, 1.54) is 24.3 Å². The summed E-state index contributed by atoms with van der Waals surface area (Å²) in [6.07, 6.45) is -0.506. The quantitative estimate of drug-likeness (QED) is 0.453. The molecule has 0 saturated carbocycles. The van der Waals surface area contributed by atoms with Gasteiger partial charge >= 0.3 is 0 Å². The van der Waals surface area contributed by atoms with Crippen LogP contribution in [-0.4, -0.2) is 21.9 Å². The molecule has 1 N–H and O–H groups in total. The van der Waals surface area contributed by atoms with Gasteiger partial charge in [-0.2, -0.15) is 0 Å². The molecule has 0 unspecified atom stereocenters. The molecule has 29 heavy (non-hydrogen) atoms. The molecule has 2 atom stereocenters. The fourth-order valence-electron chi connectivity index (χ4n) is 2.46. The number of nitrogens with one attached hydrogen (secondary N) is 1. The topological polar surface area (TPSA) is 77.2 Å². The van der Waals surface area contributed by atoms with Crippen molar-refractivity contribution < 1.29 is 18.3 Å². The molecule has 3 aromatic rings. The minimum atomic E-state index is -0.506. The molecular formula is C20H19BrFN3O3S. The summed E-state index contributed by atoms with van der Waals surface area (Å²) < 4.78 is 25.1. The molecule has 0 aliphatic rings. The van der Waals surface area contributed by atoms with Gasteiger partial charge < -0.3 is 14.5 Å². The van der Waals surface area contributed by atoms with Crippen LogP contribution in [-0.2, 0) is 4.79 Å². The summed E-state index contributed by atoms with van der Waals surface area (Å²) >= 11 is 4.54. The largest absolute Gasteiger partial charge is 0.481 e. The van der Waals surface area contributed by atoms with Crippen molar-refractivity contribution in [2.24, 2.45) is 0 Å². The van der Waals surface area contributed by atoms with Crippen LogP contribution in [0.2, 0.25) is 0 Å². The highest BCUT2D eigenvalue weighted by Crippen LogP contribution is 2.24. The lowest BCUT2D eigenvalue weighted by Gasteiger charge is -2.14. The number of carbonyl (C=O) groups is 1. The van der Waals surface area contributed by atoms with E-state index in [4.69, 9.17) is 9.15 Å². The van der Waals surface area contributed by atoms with Crippen molar-refractivity contribution in [1.29, 1.82) is 0 Å². The fraction of sp³-hybridized carbons (Fsp3) is 0.250. The van der Waals surface area contributed by atoms with Crippen LogP contribution in [0.4, 0.5) is 4.39 Å². The summed E-state index contributed by atoms with van der Waals surface area (Å²) in [6, 6.07) is 13.3. The van der Waals surface area contributed by atoms with Gasteiger partial charge in [0.15, 0.2) is 6.10 Å². The molecule has 0 fully saturated rings. The van der Waals surface area contributed by atoms with Crippen LogP contribution in [0.3, 0.4) is 0 Å². The zero-order chi connectivity index (χ0) is 20.8. The number of aromatic nitrogens is 2. The number of rotatable bonds is 8. The molecule has 1 aromatic heterocycles. The average molecular weight is 480 g/mol. The molecule has 1 amide bonds. The Bertz CT molecular complexity index is 950. The lowest BCUT2D eigenvalue weighted by atomic mass is 10.1. The molecule has 0 bridgehead atoms. The molecule has 6 nitrogen and oxygen atoms in total. The van der Waals surface area contributed by atoms with Crippen molar-refractivity contribution in [2.45, 2.75) is 31.2 Å². The predicted molar refractivity (Wildman–Crippen MR) is 111 cm³/mol. The molecule has 3 rings (SSSR count). The first kappa shape index (κ1) is 21.3. The normalized spacial score (nSPS) is 13.0. The lowest BCUT2D eigenvalue weighted by molar-refractivity contribution is -0.119. The van der Waals surface area contributed by atoms with Gasteiger partial charge in [0.1, 0.15) is 11.6 Å². The Morgan fingerprint density at radius 2 is 1.86 bits per heavy atom. The van der Waals surface area contributed by atoms with Crippen LogP contribution < -0.4 is 10.1 Å². The molecular weight excluding hydrogens is 461 g/mol. The second-order valence-corrected chi connectivity index (χ2v) is 8.09. The number of nitrogens with zero attached hydrogens (tertiary/aromatic N) is 2. The zero-order valence-corrected chi connectivity index (χ0v) is 18.2. The third-order valence-electron chi connectivity index (χ3n) is 3.97. The summed E-state index contributed by atoms with van der Waals surface area (Å²) in [7, 11) is 0. The van der Waals surface area contributed by atoms with E-state index < -0.39 is 6.10 Å². The maximum absolute atomic E-state index is 13.0. The SMILES string of the molecule is C[C@@H](NC(=O)CSc1nnc([C@@H](C)Oc2ccc(F)cc2)o1)c1ccc(Br)cc1. The van der Waals surface area contributed by atoms with Crippen LogP contribution in [0.25, 0.3) is 0 Å². The Morgan fingerprint density at radius 1 is 1.17 bits per heavy atom. The van der Waals surface area contributed by atoms with Crippen LogP contribution >= 0.6 is 27.7 Å². The number of halogens is 2. The Kier molecular flexibility index (Phi) is 7.27. The molecule has 2 aromatic carbocycles. The average Bonchev–Trinajstić information content (AvgIpc) is 3.18. The number of hydrogen-bond donors (Lipinski definition) is 1. The van der Waals surface area contributed by atoms with Crippen molar-refractivity contribution in [2.75, 3.05) is 5.75 Å². The standard InChI is InChI=1S/C20H19BrFN3O3S/c1-12(14-3-5-15(21)6-4-14)23-18(26)11-29-20-25-24-19(28-20)13(2)27-17-9-7-16(22)8-10-17/h3-10,12-13H,11H2,1-2H3,(H,23,26)/t12-,13-/m1/s1. The number of amides is 1. The van der Waals surface area contributed by atoms with E-state index in [1.807, 2.05) is 31.2 Å². The van der Waals surface area contributed by atoms with E-state index >= 15 is 0 Å². The summed E-state index contributed by atoms with van der Waals surface area (Å²) in [5.74, 6) is 0.443. The highest BCUT2D eigenvalue weighted by Gasteiger charge is 2.17. The predicted octanol–water partition coefficient (Wildman–Crippen LogP) is 5.08. The first-order valence-electron chi connectivity index (χ1n) is 8.84. The van der Waals surface area contributed by atoms with E-state index in [9.17, 15) is 9.18 Å². The maximum Gasteiger partial charge on any atom is 0.277 e. The molecule has 9 heteroatoms. The summed E-state index contributed by atoms with van der Waals surface area (Å²) in [5, 5.41) is 11.1. The van der Waals surface area contributed by atoms with Gasteiger partial charge in [0, 0.05) is 4.47 Å². The zero-order valence-electron chi connectivity index (χ0n) is 15.8.